The lowest BCUT2D eigenvalue weighted by Crippen LogP contribution is -2.24. The lowest BCUT2D eigenvalue weighted by Gasteiger charge is -2.14. The van der Waals surface area contributed by atoms with Crippen LogP contribution in [0.1, 0.15) is 64.7 Å². The molecule has 3 N–H and O–H groups in total. The molecule has 100 valence electrons. The van der Waals surface area contributed by atoms with Gasteiger partial charge in [0.2, 0.25) is 0 Å². The maximum absolute atomic E-state index is 10.5. The van der Waals surface area contributed by atoms with Crippen molar-refractivity contribution in [2.24, 2.45) is 17.6 Å². The number of carbonyl (C=O) groups is 1. The molecule has 0 aliphatic heterocycles. The molecule has 0 aromatic heterocycles. The third kappa shape index (κ3) is 8.19. The largest absolute Gasteiger partial charge is 0.481 e. The summed E-state index contributed by atoms with van der Waals surface area (Å²) in [4.78, 5) is 10.5. The second kappa shape index (κ2) is 7.70. The van der Waals surface area contributed by atoms with Crippen LogP contribution >= 0.6 is 0 Å². The van der Waals surface area contributed by atoms with Crippen LogP contribution in [-0.2, 0) is 4.79 Å². The molecule has 1 saturated carbocycles. The van der Waals surface area contributed by atoms with Gasteiger partial charge in [0.05, 0.1) is 6.42 Å². The van der Waals surface area contributed by atoms with Crippen molar-refractivity contribution in [2.75, 3.05) is 0 Å². The zero-order valence-corrected chi connectivity index (χ0v) is 11.0. The fourth-order valence-electron chi connectivity index (χ4n) is 2.30. The molecule has 0 unspecified atom stereocenters. The van der Waals surface area contributed by atoms with E-state index in [1.54, 1.807) is 0 Å². The highest BCUT2D eigenvalue weighted by atomic mass is 16.4. The Hall–Kier alpha value is -0.570. The van der Waals surface area contributed by atoms with E-state index in [4.69, 9.17) is 10.8 Å². The maximum atomic E-state index is 10.5. The average Bonchev–Trinajstić information content (AvgIpc) is 3.04. The molecular formula is C14H27NO2. The molecule has 0 aromatic rings. The standard InChI is InChI=1S/C14H27NO2/c1-11(4-2-3-5-12-7-8-12)6-9-13(15)10-14(16)17/h11-13H,2-10,15H2,1H3,(H,16,17)/t11-,13-/m0/s1. The van der Waals surface area contributed by atoms with Crippen LogP contribution in [0, 0.1) is 11.8 Å². The van der Waals surface area contributed by atoms with E-state index in [1.807, 2.05) is 0 Å². The Balaban J connectivity index is 1.91. The predicted molar refractivity (Wildman–Crippen MR) is 69.8 cm³/mol. The number of unbranched alkanes of at least 4 members (excludes halogenated alkanes) is 1. The van der Waals surface area contributed by atoms with Gasteiger partial charge in [0.25, 0.3) is 0 Å². The van der Waals surface area contributed by atoms with Crippen molar-refractivity contribution in [1.29, 1.82) is 0 Å². The van der Waals surface area contributed by atoms with Crippen LogP contribution in [0.15, 0.2) is 0 Å². The Morgan fingerprint density at radius 3 is 2.59 bits per heavy atom. The molecule has 1 rings (SSSR count). The first kappa shape index (κ1) is 14.5. The number of carboxylic acid groups (broad SMARTS) is 1. The van der Waals surface area contributed by atoms with E-state index >= 15 is 0 Å². The van der Waals surface area contributed by atoms with Crippen molar-refractivity contribution in [1.82, 2.24) is 0 Å². The number of carboxylic acids is 1. The van der Waals surface area contributed by atoms with Gasteiger partial charge in [-0.25, -0.2) is 0 Å². The number of hydrogen-bond donors (Lipinski definition) is 2. The molecule has 2 atom stereocenters. The fourth-order valence-corrected chi connectivity index (χ4v) is 2.30. The number of aliphatic carboxylic acids is 1. The van der Waals surface area contributed by atoms with Gasteiger partial charge >= 0.3 is 5.97 Å². The van der Waals surface area contributed by atoms with Crippen molar-refractivity contribution < 1.29 is 9.90 Å². The van der Waals surface area contributed by atoms with Crippen molar-refractivity contribution in [2.45, 2.75) is 70.8 Å². The van der Waals surface area contributed by atoms with Gasteiger partial charge in [-0.15, -0.1) is 0 Å². The van der Waals surface area contributed by atoms with Gasteiger partial charge in [-0.1, -0.05) is 45.4 Å². The zero-order valence-electron chi connectivity index (χ0n) is 11.0. The van der Waals surface area contributed by atoms with Crippen molar-refractivity contribution in [3.05, 3.63) is 0 Å². The third-order valence-electron chi connectivity index (χ3n) is 3.72. The number of rotatable bonds is 10. The van der Waals surface area contributed by atoms with Crippen LogP contribution in [0.5, 0.6) is 0 Å². The van der Waals surface area contributed by atoms with E-state index in [1.165, 1.54) is 38.5 Å². The normalized spacial score (nSPS) is 18.9. The Morgan fingerprint density at radius 1 is 1.29 bits per heavy atom. The Kier molecular flexibility index (Phi) is 6.56. The summed E-state index contributed by atoms with van der Waals surface area (Å²) in [5.41, 5.74) is 5.74. The van der Waals surface area contributed by atoms with Gasteiger partial charge in [0, 0.05) is 6.04 Å². The minimum absolute atomic E-state index is 0.106. The molecule has 3 heteroatoms. The van der Waals surface area contributed by atoms with Crippen molar-refractivity contribution in [3.63, 3.8) is 0 Å². The highest BCUT2D eigenvalue weighted by Gasteiger charge is 2.20. The number of hydrogen-bond acceptors (Lipinski definition) is 2. The summed E-state index contributed by atoms with van der Waals surface area (Å²) >= 11 is 0. The minimum Gasteiger partial charge on any atom is -0.481 e. The zero-order chi connectivity index (χ0) is 12.7. The molecule has 0 radical (unpaired) electrons. The quantitative estimate of drug-likeness (QED) is 0.577. The summed E-state index contributed by atoms with van der Waals surface area (Å²) in [6.45, 7) is 2.25. The molecule has 0 bridgehead atoms. The molecule has 1 aliphatic carbocycles. The van der Waals surface area contributed by atoms with E-state index in [-0.39, 0.29) is 12.5 Å². The number of nitrogens with two attached hydrogens (primary N) is 1. The van der Waals surface area contributed by atoms with Crippen LogP contribution in [0.3, 0.4) is 0 Å². The molecule has 17 heavy (non-hydrogen) atoms. The van der Waals surface area contributed by atoms with E-state index in [0.29, 0.717) is 5.92 Å². The fraction of sp³-hybridized carbons (Fsp3) is 0.929. The average molecular weight is 241 g/mol. The van der Waals surface area contributed by atoms with Crippen LogP contribution in [0.25, 0.3) is 0 Å². The molecule has 1 fully saturated rings. The summed E-state index contributed by atoms with van der Waals surface area (Å²) < 4.78 is 0. The molecule has 1 aliphatic rings. The minimum atomic E-state index is -0.783. The van der Waals surface area contributed by atoms with Crippen LogP contribution in [-0.4, -0.2) is 17.1 Å². The Bertz CT molecular complexity index is 226. The second-order valence-corrected chi connectivity index (χ2v) is 5.77. The first-order valence-electron chi connectivity index (χ1n) is 7.05. The summed E-state index contributed by atoms with van der Waals surface area (Å²) in [5, 5.41) is 8.60. The van der Waals surface area contributed by atoms with Crippen LogP contribution in [0.4, 0.5) is 0 Å². The molecular weight excluding hydrogens is 214 g/mol. The highest BCUT2D eigenvalue weighted by molar-refractivity contribution is 5.67. The van der Waals surface area contributed by atoms with Gasteiger partial charge in [0.1, 0.15) is 0 Å². The van der Waals surface area contributed by atoms with E-state index in [0.717, 1.165) is 18.8 Å². The van der Waals surface area contributed by atoms with Gasteiger partial charge < -0.3 is 10.8 Å². The summed E-state index contributed by atoms with van der Waals surface area (Å²) in [6.07, 6.45) is 10.3. The lowest BCUT2D eigenvalue weighted by molar-refractivity contribution is -0.137. The smallest absolute Gasteiger partial charge is 0.304 e. The Labute approximate surface area is 105 Å². The molecule has 0 saturated heterocycles. The predicted octanol–water partition coefficient (Wildman–Crippen LogP) is 3.18. The second-order valence-electron chi connectivity index (χ2n) is 5.77. The highest BCUT2D eigenvalue weighted by Crippen LogP contribution is 2.34. The SMILES string of the molecule is C[C@@H](CCCCC1CC1)CC[C@H](N)CC(=O)O. The van der Waals surface area contributed by atoms with Crippen LogP contribution < -0.4 is 5.73 Å². The van der Waals surface area contributed by atoms with Gasteiger partial charge in [0.15, 0.2) is 0 Å². The summed E-state index contributed by atoms with van der Waals surface area (Å²) in [6, 6.07) is -0.165. The molecule has 0 amide bonds. The topological polar surface area (TPSA) is 63.3 Å². The monoisotopic (exact) mass is 241 g/mol. The van der Waals surface area contributed by atoms with Crippen LogP contribution in [0.2, 0.25) is 0 Å². The molecule has 3 nitrogen and oxygen atoms in total. The van der Waals surface area contributed by atoms with Crippen molar-refractivity contribution >= 4 is 5.97 Å². The third-order valence-corrected chi connectivity index (χ3v) is 3.72. The summed E-state index contributed by atoms with van der Waals surface area (Å²) in [5.74, 6) is 0.956. The first-order valence-corrected chi connectivity index (χ1v) is 7.05. The van der Waals surface area contributed by atoms with E-state index in [2.05, 4.69) is 6.92 Å². The molecule has 0 aromatic carbocycles. The van der Waals surface area contributed by atoms with E-state index < -0.39 is 5.97 Å². The Morgan fingerprint density at radius 2 is 2.00 bits per heavy atom. The maximum Gasteiger partial charge on any atom is 0.304 e. The first-order chi connectivity index (χ1) is 8.08. The lowest BCUT2D eigenvalue weighted by atomic mass is 9.95. The van der Waals surface area contributed by atoms with Gasteiger partial charge in [-0.2, -0.15) is 0 Å². The summed E-state index contributed by atoms with van der Waals surface area (Å²) in [7, 11) is 0. The molecule has 0 spiro atoms. The van der Waals surface area contributed by atoms with Gasteiger partial charge in [-0.3, -0.25) is 4.79 Å². The van der Waals surface area contributed by atoms with E-state index in [9.17, 15) is 4.79 Å². The molecule has 0 heterocycles. The van der Waals surface area contributed by atoms with Crippen molar-refractivity contribution in [3.8, 4) is 0 Å². The van der Waals surface area contributed by atoms with Gasteiger partial charge in [-0.05, 0) is 24.7 Å².